The maximum absolute atomic E-state index is 12.1. The number of aryl methyl sites for hydroxylation is 1. The lowest BCUT2D eigenvalue weighted by Gasteiger charge is -2.25. The zero-order chi connectivity index (χ0) is 12.8. The summed E-state index contributed by atoms with van der Waals surface area (Å²) in [6.07, 6.45) is 0. The summed E-state index contributed by atoms with van der Waals surface area (Å²) in [5.41, 5.74) is 7.75. The number of anilines is 1. The SMILES string of the molecule is CCN(C(=O)C(N)COC)c1ccccc1C. The lowest BCUT2D eigenvalue weighted by molar-refractivity contribution is -0.120. The van der Waals surface area contributed by atoms with E-state index >= 15 is 0 Å². The number of para-hydroxylation sites is 1. The summed E-state index contributed by atoms with van der Waals surface area (Å²) in [7, 11) is 1.54. The van der Waals surface area contributed by atoms with Crippen molar-refractivity contribution in [2.75, 3.05) is 25.2 Å². The monoisotopic (exact) mass is 236 g/mol. The highest BCUT2D eigenvalue weighted by Crippen LogP contribution is 2.19. The molecule has 1 rings (SSSR count). The van der Waals surface area contributed by atoms with Crippen molar-refractivity contribution in [3.63, 3.8) is 0 Å². The van der Waals surface area contributed by atoms with Gasteiger partial charge in [-0.2, -0.15) is 0 Å². The quantitative estimate of drug-likeness (QED) is 0.839. The number of likely N-dealkylation sites (N-methyl/N-ethyl adjacent to an activating group) is 1. The standard InChI is InChI=1S/C13H20N2O2/c1-4-15(13(16)11(14)9-17-3)12-8-6-5-7-10(12)2/h5-8,11H,4,9,14H2,1-3H3. The van der Waals surface area contributed by atoms with Crippen LogP contribution in [0, 0.1) is 6.92 Å². The fraction of sp³-hybridized carbons (Fsp3) is 0.462. The van der Waals surface area contributed by atoms with Crippen LogP contribution in [0.2, 0.25) is 0 Å². The molecule has 0 aliphatic heterocycles. The van der Waals surface area contributed by atoms with Gasteiger partial charge in [-0.25, -0.2) is 0 Å². The van der Waals surface area contributed by atoms with Crippen molar-refractivity contribution in [3.05, 3.63) is 29.8 Å². The zero-order valence-electron chi connectivity index (χ0n) is 10.6. The Morgan fingerprint density at radius 1 is 1.47 bits per heavy atom. The van der Waals surface area contributed by atoms with Crippen molar-refractivity contribution in [1.82, 2.24) is 0 Å². The van der Waals surface area contributed by atoms with E-state index in [-0.39, 0.29) is 12.5 Å². The fourth-order valence-corrected chi connectivity index (χ4v) is 1.76. The average molecular weight is 236 g/mol. The van der Waals surface area contributed by atoms with Gasteiger partial charge in [-0.3, -0.25) is 4.79 Å². The van der Waals surface area contributed by atoms with Gasteiger partial charge in [-0.1, -0.05) is 18.2 Å². The van der Waals surface area contributed by atoms with Crippen molar-refractivity contribution in [2.24, 2.45) is 5.73 Å². The molecule has 1 aromatic carbocycles. The highest BCUT2D eigenvalue weighted by atomic mass is 16.5. The van der Waals surface area contributed by atoms with Gasteiger partial charge in [0.1, 0.15) is 6.04 Å². The second kappa shape index (κ2) is 6.37. The Labute approximate surface area is 102 Å². The van der Waals surface area contributed by atoms with Gasteiger partial charge in [0.15, 0.2) is 0 Å². The largest absolute Gasteiger partial charge is 0.383 e. The normalized spacial score (nSPS) is 12.2. The number of amides is 1. The Hall–Kier alpha value is -1.39. The number of benzene rings is 1. The molecule has 17 heavy (non-hydrogen) atoms. The van der Waals surface area contributed by atoms with E-state index in [9.17, 15) is 4.79 Å². The van der Waals surface area contributed by atoms with Crippen LogP contribution < -0.4 is 10.6 Å². The molecule has 4 heteroatoms. The zero-order valence-corrected chi connectivity index (χ0v) is 10.6. The molecular formula is C13H20N2O2. The van der Waals surface area contributed by atoms with Gasteiger partial charge in [0.05, 0.1) is 6.61 Å². The van der Waals surface area contributed by atoms with Crippen molar-refractivity contribution < 1.29 is 9.53 Å². The number of rotatable bonds is 5. The molecular weight excluding hydrogens is 216 g/mol. The number of carbonyl (C=O) groups is 1. The van der Waals surface area contributed by atoms with E-state index in [1.807, 2.05) is 38.1 Å². The van der Waals surface area contributed by atoms with Crippen LogP contribution in [0.4, 0.5) is 5.69 Å². The fourth-order valence-electron chi connectivity index (χ4n) is 1.76. The lowest BCUT2D eigenvalue weighted by atomic mass is 10.1. The molecule has 0 spiro atoms. The van der Waals surface area contributed by atoms with E-state index in [2.05, 4.69) is 0 Å². The molecule has 0 saturated carbocycles. The molecule has 1 atom stereocenters. The van der Waals surface area contributed by atoms with Crippen molar-refractivity contribution in [2.45, 2.75) is 19.9 Å². The summed E-state index contributed by atoms with van der Waals surface area (Å²) < 4.78 is 4.91. The third-order valence-electron chi connectivity index (χ3n) is 2.65. The minimum Gasteiger partial charge on any atom is -0.383 e. The molecule has 1 unspecified atom stereocenters. The molecule has 0 heterocycles. The molecule has 2 N–H and O–H groups in total. The Morgan fingerprint density at radius 3 is 2.65 bits per heavy atom. The van der Waals surface area contributed by atoms with Crippen LogP contribution in [0.1, 0.15) is 12.5 Å². The number of ether oxygens (including phenoxy) is 1. The topological polar surface area (TPSA) is 55.6 Å². The van der Waals surface area contributed by atoms with Crippen LogP contribution >= 0.6 is 0 Å². The summed E-state index contributed by atoms with van der Waals surface area (Å²) in [6, 6.07) is 7.16. The van der Waals surface area contributed by atoms with Gasteiger partial charge in [0.2, 0.25) is 5.91 Å². The smallest absolute Gasteiger partial charge is 0.246 e. The number of nitrogens with two attached hydrogens (primary N) is 1. The summed E-state index contributed by atoms with van der Waals surface area (Å²) >= 11 is 0. The molecule has 0 aliphatic carbocycles. The lowest BCUT2D eigenvalue weighted by Crippen LogP contribution is -2.46. The Kier molecular flexibility index (Phi) is 5.12. The van der Waals surface area contributed by atoms with Gasteiger partial charge >= 0.3 is 0 Å². The van der Waals surface area contributed by atoms with E-state index in [0.717, 1.165) is 11.3 Å². The Bertz CT molecular complexity index is 379. The molecule has 0 saturated heterocycles. The first-order chi connectivity index (χ1) is 8.11. The van der Waals surface area contributed by atoms with Gasteiger partial charge in [0, 0.05) is 19.3 Å². The molecule has 0 radical (unpaired) electrons. The van der Waals surface area contributed by atoms with Gasteiger partial charge in [-0.15, -0.1) is 0 Å². The minimum absolute atomic E-state index is 0.108. The molecule has 0 aliphatic rings. The molecule has 4 nitrogen and oxygen atoms in total. The summed E-state index contributed by atoms with van der Waals surface area (Å²) in [4.78, 5) is 13.8. The van der Waals surface area contributed by atoms with Crippen LogP contribution in [0.5, 0.6) is 0 Å². The second-order valence-electron chi connectivity index (χ2n) is 3.93. The number of nitrogens with zero attached hydrogens (tertiary/aromatic N) is 1. The molecule has 0 aromatic heterocycles. The maximum atomic E-state index is 12.1. The van der Waals surface area contributed by atoms with E-state index < -0.39 is 6.04 Å². The third kappa shape index (κ3) is 3.28. The number of hydrogen-bond acceptors (Lipinski definition) is 3. The number of methoxy groups -OCH3 is 1. The highest BCUT2D eigenvalue weighted by molar-refractivity contribution is 5.97. The van der Waals surface area contributed by atoms with Gasteiger partial charge in [0.25, 0.3) is 0 Å². The second-order valence-corrected chi connectivity index (χ2v) is 3.93. The summed E-state index contributed by atoms with van der Waals surface area (Å²) in [5, 5.41) is 0. The van der Waals surface area contributed by atoms with E-state index in [1.54, 1.807) is 4.90 Å². The first kappa shape index (κ1) is 13.7. The average Bonchev–Trinajstić information content (AvgIpc) is 2.32. The highest BCUT2D eigenvalue weighted by Gasteiger charge is 2.21. The first-order valence-corrected chi connectivity index (χ1v) is 5.73. The number of carbonyl (C=O) groups excluding carboxylic acids is 1. The van der Waals surface area contributed by atoms with Crippen molar-refractivity contribution in [1.29, 1.82) is 0 Å². The van der Waals surface area contributed by atoms with Crippen LogP contribution in [0.3, 0.4) is 0 Å². The Balaban J connectivity index is 2.92. The molecule has 1 aromatic rings. The molecule has 0 bridgehead atoms. The predicted octanol–water partition coefficient (Wildman–Crippen LogP) is 1.32. The van der Waals surface area contributed by atoms with Crippen LogP contribution in [0.15, 0.2) is 24.3 Å². The van der Waals surface area contributed by atoms with Gasteiger partial charge < -0.3 is 15.4 Å². The van der Waals surface area contributed by atoms with Crippen LogP contribution in [-0.4, -0.2) is 32.2 Å². The van der Waals surface area contributed by atoms with Crippen molar-refractivity contribution >= 4 is 11.6 Å². The third-order valence-corrected chi connectivity index (χ3v) is 2.65. The van der Waals surface area contributed by atoms with Crippen molar-refractivity contribution in [3.8, 4) is 0 Å². The van der Waals surface area contributed by atoms with E-state index in [4.69, 9.17) is 10.5 Å². The maximum Gasteiger partial charge on any atom is 0.246 e. The Morgan fingerprint density at radius 2 is 2.12 bits per heavy atom. The molecule has 0 fully saturated rings. The van der Waals surface area contributed by atoms with Gasteiger partial charge in [-0.05, 0) is 25.5 Å². The molecule has 1 amide bonds. The predicted molar refractivity (Wildman–Crippen MR) is 69.1 cm³/mol. The van der Waals surface area contributed by atoms with E-state index in [1.165, 1.54) is 7.11 Å². The minimum atomic E-state index is -0.612. The summed E-state index contributed by atoms with van der Waals surface area (Å²) in [6.45, 7) is 4.75. The summed E-state index contributed by atoms with van der Waals surface area (Å²) in [5.74, 6) is -0.108. The molecule has 94 valence electrons. The first-order valence-electron chi connectivity index (χ1n) is 5.73. The van der Waals surface area contributed by atoms with Crippen LogP contribution in [-0.2, 0) is 9.53 Å². The van der Waals surface area contributed by atoms with E-state index in [0.29, 0.717) is 6.54 Å². The number of hydrogen-bond donors (Lipinski definition) is 1. The van der Waals surface area contributed by atoms with Crippen LogP contribution in [0.25, 0.3) is 0 Å².